The highest BCUT2D eigenvalue weighted by molar-refractivity contribution is 9.09. The topological polar surface area (TPSA) is 291 Å². The maximum absolute atomic E-state index is 14.7. The minimum absolute atomic E-state index is 0.0577. The van der Waals surface area contributed by atoms with Gasteiger partial charge in [0.2, 0.25) is 47.3 Å². The maximum Gasteiger partial charge on any atom is 0.249 e. The maximum atomic E-state index is 14.7. The van der Waals surface area contributed by atoms with Crippen molar-refractivity contribution in [1.29, 1.82) is 0 Å². The van der Waals surface area contributed by atoms with E-state index in [2.05, 4.69) is 58.4 Å². The van der Waals surface area contributed by atoms with Gasteiger partial charge in [0.15, 0.2) is 0 Å². The quantitative estimate of drug-likeness (QED) is 0.0404. The average molecular weight is 1320 g/mol. The normalized spacial score (nSPS) is 16.6. The molecule has 0 spiro atoms. The Kier molecular flexibility index (Phi) is 37.6. The van der Waals surface area contributed by atoms with E-state index in [1.165, 1.54) is 26.2 Å². The second-order valence-electron chi connectivity index (χ2n) is 21.7. The van der Waals surface area contributed by atoms with E-state index in [1.54, 1.807) is 42.8 Å². The third-order valence-corrected chi connectivity index (χ3v) is 15.9. The van der Waals surface area contributed by atoms with Gasteiger partial charge in [-0.1, -0.05) is 117 Å². The second-order valence-corrected chi connectivity index (χ2v) is 22.8. The first-order valence-electron chi connectivity index (χ1n) is 29.0. The Hall–Kier alpha value is -4.38. The third-order valence-electron chi connectivity index (χ3n) is 14.8. The van der Waals surface area contributed by atoms with Gasteiger partial charge in [-0.15, -0.1) is 0 Å². The van der Waals surface area contributed by atoms with E-state index in [9.17, 15) is 43.5 Å². The van der Waals surface area contributed by atoms with Crippen molar-refractivity contribution < 1.29 is 76.6 Å². The average Bonchev–Trinajstić information content (AvgIpc) is 4.18. The number of likely N-dealkylation sites (tertiary alicyclic amines) is 1. The van der Waals surface area contributed by atoms with Crippen molar-refractivity contribution in [1.82, 2.24) is 41.3 Å². The second kappa shape index (κ2) is 41.7. The summed E-state index contributed by atoms with van der Waals surface area (Å²) in [6.45, 7) is 16.7. The summed E-state index contributed by atoms with van der Waals surface area (Å²) in [5.41, 5.74) is 0.680. The van der Waals surface area contributed by atoms with E-state index in [0.717, 1.165) is 0 Å². The molecule has 1 fully saturated rings. The van der Waals surface area contributed by atoms with E-state index < -0.39 is 72.4 Å². The van der Waals surface area contributed by atoms with Gasteiger partial charge < -0.3 is 79.5 Å². The smallest absolute Gasteiger partial charge is 0.249 e. The predicted molar refractivity (Wildman–Crippen MR) is 323 cm³/mol. The fourth-order valence-corrected chi connectivity index (χ4v) is 10.3. The molecular formula is C58H98Br2N8O16. The number of likely N-dealkylation sites (N-methyl/N-ethyl adjacent to an activating group) is 2. The van der Waals surface area contributed by atoms with Crippen molar-refractivity contribution in [3.63, 3.8) is 0 Å². The van der Waals surface area contributed by atoms with Gasteiger partial charge in [0.25, 0.3) is 0 Å². The number of amides is 8. The highest BCUT2D eigenvalue weighted by atomic mass is 79.9. The van der Waals surface area contributed by atoms with Crippen molar-refractivity contribution in [2.75, 3.05) is 125 Å². The fourth-order valence-electron chi connectivity index (χ4n) is 9.90. The van der Waals surface area contributed by atoms with Crippen LogP contribution in [0.25, 0.3) is 0 Å². The number of carbonyl (C=O) groups excluding carboxylic acids is 8. The molecule has 0 aromatic heterocycles. The molecule has 0 radical (unpaired) electrons. The van der Waals surface area contributed by atoms with Gasteiger partial charge in [0.1, 0.15) is 25.3 Å². The molecule has 0 saturated carbocycles. The van der Waals surface area contributed by atoms with Crippen LogP contribution in [-0.2, 0) is 71.5 Å². The van der Waals surface area contributed by atoms with Gasteiger partial charge in [-0.05, 0) is 43.1 Å². The van der Waals surface area contributed by atoms with Crippen molar-refractivity contribution in [3.05, 3.63) is 35.9 Å². The van der Waals surface area contributed by atoms with Crippen LogP contribution in [-0.4, -0.2) is 240 Å². The number of rotatable bonds is 43. The Bertz CT molecular complexity index is 2120. The predicted octanol–water partition coefficient (Wildman–Crippen LogP) is 2.36. The van der Waals surface area contributed by atoms with E-state index in [-0.39, 0.29) is 149 Å². The number of ether oxygens (including phenoxy) is 7. The number of aliphatic hydroxyl groups excluding tert-OH is 1. The summed E-state index contributed by atoms with van der Waals surface area (Å²) in [5, 5.41) is 25.0. The molecule has 24 nitrogen and oxygen atoms in total. The Morgan fingerprint density at radius 2 is 1.27 bits per heavy atom. The molecule has 2 rings (SSSR count). The highest BCUT2D eigenvalue weighted by Crippen LogP contribution is 2.30. The number of hydrogen-bond donors (Lipinski definition) is 6. The Morgan fingerprint density at radius 3 is 1.80 bits per heavy atom. The molecule has 0 bridgehead atoms. The summed E-state index contributed by atoms with van der Waals surface area (Å²) in [4.78, 5) is 110. The zero-order valence-corrected chi connectivity index (χ0v) is 54.7. The van der Waals surface area contributed by atoms with E-state index in [4.69, 9.17) is 33.2 Å². The molecule has 6 N–H and O–H groups in total. The molecule has 1 aromatic carbocycles. The van der Waals surface area contributed by atoms with E-state index in [0.29, 0.717) is 31.4 Å². The largest absolute Gasteiger partial charge is 0.386 e. The standard InChI is InChI=1S/C58H98Br2N8O16/c1-13-39(6)53(45(78-11)30-49(72)68-22-17-20-44(68)55(79-12)40(7)56(75)64-41(8)54(74)42-18-15-14-16-19-42)67(10)58(77)51(37(2)3)65-57(76)52(38(4)5)66(9)50(73)36-83-29-28-82-27-26-81-25-24-80-23-21-61-48(71)35-84-43(33-62-46(69)31-59)34-63-47(70)32-60/h14-16,18-19,37-41,43-45,51-55,74H,13,17,20-36H2,1-12H3,(H,61,71)(H,62,69)(H,63,70)(H,64,75)(H,65,76). The Balaban J connectivity index is 1.88. The molecule has 1 aliphatic heterocycles. The Morgan fingerprint density at radius 1 is 0.702 bits per heavy atom. The number of halogens is 2. The van der Waals surface area contributed by atoms with E-state index >= 15 is 0 Å². The molecule has 0 aliphatic carbocycles. The molecule has 1 aromatic rings. The molecule has 26 heteroatoms. The number of benzene rings is 1. The first-order valence-corrected chi connectivity index (χ1v) is 31.3. The molecular weight excluding hydrogens is 1220 g/mol. The van der Waals surface area contributed by atoms with Gasteiger partial charge in [-0.2, -0.15) is 0 Å². The van der Waals surface area contributed by atoms with E-state index in [1.807, 2.05) is 59.7 Å². The Labute approximate surface area is 514 Å². The van der Waals surface area contributed by atoms with Gasteiger partial charge in [0.05, 0.1) is 112 Å². The molecule has 1 aliphatic rings. The summed E-state index contributed by atoms with van der Waals surface area (Å²) in [7, 11) is 6.23. The number of hydrogen-bond acceptors (Lipinski definition) is 16. The van der Waals surface area contributed by atoms with Crippen LogP contribution in [0.15, 0.2) is 30.3 Å². The molecule has 10 unspecified atom stereocenters. The number of alkyl halides is 2. The molecule has 1 saturated heterocycles. The molecule has 8 amide bonds. The number of methoxy groups -OCH3 is 2. The lowest BCUT2D eigenvalue weighted by atomic mass is 9.89. The number of nitrogens with one attached hydrogen (secondary N) is 5. The van der Waals surface area contributed by atoms with Crippen LogP contribution in [0, 0.1) is 23.7 Å². The molecule has 480 valence electrons. The van der Waals surface area contributed by atoms with Crippen LogP contribution in [0.5, 0.6) is 0 Å². The summed E-state index contributed by atoms with van der Waals surface area (Å²) in [6.07, 6.45) is -0.993. The monoisotopic (exact) mass is 1320 g/mol. The van der Waals surface area contributed by atoms with Gasteiger partial charge >= 0.3 is 0 Å². The first-order chi connectivity index (χ1) is 40.0. The van der Waals surface area contributed by atoms with Gasteiger partial charge in [-0.3, -0.25) is 38.4 Å². The number of carbonyl (C=O) groups is 8. The molecule has 84 heavy (non-hydrogen) atoms. The zero-order valence-electron chi connectivity index (χ0n) is 51.5. The lowest BCUT2D eigenvalue weighted by Crippen LogP contribution is -2.60. The number of nitrogens with zero attached hydrogens (tertiary/aromatic N) is 3. The van der Waals surface area contributed by atoms with Crippen LogP contribution in [0.4, 0.5) is 0 Å². The number of aliphatic hydroxyl groups is 1. The summed E-state index contributed by atoms with van der Waals surface area (Å²) in [5.74, 6) is -4.23. The minimum atomic E-state index is -0.988. The van der Waals surface area contributed by atoms with Crippen molar-refractivity contribution in [2.24, 2.45) is 23.7 Å². The lowest BCUT2D eigenvalue weighted by Gasteiger charge is -2.41. The van der Waals surface area contributed by atoms with Crippen LogP contribution >= 0.6 is 31.9 Å². The fraction of sp³-hybridized carbons (Fsp3) is 0.759. The van der Waals surface area contributed by atoms with Crippen LogP contribution in [0.2, 0.25) is 0 Å². The van der Waals surface area contributed by atoms with Crippen LogP contribution in [0.3, 0.4) is 0 Å². The zero-order chi connectivity index (χ0) is 62.9. The van der Waals surface area contributed by atoms with Crippen molar-refractivity contribution >= 4 is 79.1 Å². The third kappa shape index (κ3) is 26.3. The highest BCUT2D eigenvalue weighted by Gasteiger charge is 2.44. The molecule has 10 atom stereocenters. The van der Waals surface area contributed by atoms with Crippen molar-refractivity contribution in [2.45, 2.75) is 136 Å². The first kappa shape index (κ1) is 75.7. The van der Waals surface area contributed by atoms with Crippen molar-refractivity contribution in [3.8, 4) is 0 Å². The SMILES string of the molecule is CCC(C)C(C(CC(=O)N1CCCC1C(OC)C(C)C(=O)NC(C)C(O)c1ccccc1)OC)N(C)C(=O)C(NC(=O)C(C(C)C)N(C)C(=O)COCCOCCOCCOCCNC(=O)COC(CNC(=O)CBr)CNC(=O)CBr)C(C)C. The lowest BCUT2D eigenvalue weighted by molar-refractivity contribution is -0.149. The molecule has 1 heterocycles. The van der Waals surface area contributed by atoms with Gasteiger partial charge in [-0.25, -0.2) is 0 Å². The van der Waals surface area contributed by atoms with Gasteiger partial charge in [0, 0.05) is 54.5 Å². The summed E-state index contributed by atoms with van der Waals surface area (Å²) >= 11 is 6.13. The van der Waals surface area contributed by atoms with Crippen LogP contribution < -0.4 is 26.6 Å². The summed E-state index contributed by atoms with van der Waals surface area (Å²) < 4.78 is 39.8. The minimum Gasteiger partial charge on any atom is -0.386 e. The van der Waals surface area contributed by atoms with Crippen LogP contribution in [0.1, 0.15) is 92.7 Å². The summed E-state index contributed by atoms with van der Waals surface area (Å²) in [6, 6.07) is 5.59.